The maximum Gasteiger partial charge on any atom is 0.142 e. The standard InChI is InChI=1S/C22H16O/c1-13-12-23-22-18-10-6-5-9-17(18)21-16-8-4-3-7-15(16)11-19(21)20(22)14(13)2/h3-12H,1-2H3. The quantitative estimate of drug-likeness (QED) is 0.297. The number of benzene rings is 3. The van der Waals surface area contributed by atoms with E-state index < -0.39 is 0 Å². The van der Waals surface area contributed by atoms with E-state index >= 15 is 0 Å². The van der Waals surface area contributed by atoms with Crippen LogP contribution in [0, 0.1) is 13.8 Å². The van der Waals surface area contributed by atoms with E-state index in [1.807, 2.05) is 6.26 Å². The smallest absolute Gasteiger partial charge is 0.142 e. The molecule has 1 heterocycles. The minimum atomic E-state index is 0.992. The summed E-state index contributed by atoms with van der Waals surface area (Å²) in [6, 6.07) is 19.5. The zero-order valence-corrected chi connectivity index (χ0v) is 13.2. The van der Waals surface area contributed by atoms with Crippen molar-refractivity contribution in [3.05, 3.63) is 72.0 Å². The lowest BCUT2D eigenvalue weighted by molar-refractivity contribution is 0.601. The molecule has 0 amide bonds. The predicted octanol–water partition coefficient (Wildman–Crippen LogP) is 6.51. The third-order valence-electron chi connectivity index (χ3n) is 5.06. The second kappa shape index (κ2) is 4.36. The third-order valence-corrected chi connectivity index (χ3v) is 5.06. The van der Waals surface area contributed by atoms with Crippen LogP contribution in [0.15, 0.2) is 65.3 Å². The highest BCUT2D eigenvalue weighted by Gasteiger charge is 2.16. The van der Waals surface area contributed by atoms with Crippen molar-refractivity contribution in [1.29, 1.82) is 0 Å². The summed E-state index contributed by atoms with van der Waals surface area (Å²) < 4.78 is 6.04. The lowest BCUT2D eigenvalue weighted by atomic mass is 9.96. The molecule has 0 saturated carbocycles. The molecule has 5 aromatic rings. The fourth-order valence-corrected chi connectivity index (χ4v) is 3.79. The first kappa shape index (κ1) is 12.7. The Morgan fingerprint density at radius 1 is 0.696 bits per heavy atom. The van der Waals surface area contributed by atoms with Crippen LogP contribution in [-0.2, 0) is 0 Å². The van der Waals surface area contributed by atoms with Gasteiger partial charge in [-0.25, -0.2) is 0 Å². The van der Waals surface area contributed by atoms with Gasteiger partial charge >= 0.3 is 0 Å². The molecule has 1 nitrogen and oxygen atoms in total. The van der Waals surface area contributed by atoms with E-state index in [9.17, 15) is 0 Å². The highest BCUT2D eigenvalue weighted by molar-refractivity contribution is 6.32. The third kappa shape index (κ3) is 1.57. The van der Waals surface area contributed by atoms with Gasteiger partial charge in [0.1, 0.15) is 5.58 Å². The van der Waals surface area contributed by atoms with Crippen molar-refractivity contribution in [1.82, 2.24) is 0 Å². The minimum Gasteiger partial charge on any atom is -0.463 e. The van der Waals surface area contributed by atoms with Crippen LogP contribution in [0.2, 0.25) is 0 Å². The summed E-state index contributed by atoms with van der Waals surface area (Å²) in [5, 5.41) is 8.95. The summed E-state index contributed by atoms with van der Waals surface area (Å²) in [6.07, 6.45) is 1.87. The van der Waals surface area contributed by atoms with Crippen molar-refractivity contribution in [2.75, 3.05) is 0 Å². The van der Waals surface area contributed by atoms with Gasteiger partial charge in [0, 0.05) is 10.8 Å². The van der Waals surface area contributed by atoms with Gasteiger partial charge in [-0.2, -0.15) is 0 Å². The van der Waals surface area contributed by atoms with E-state index in [1.54, 1.807) is 0 Å². The lowest BCUT2D eigenvalue weighted by Gasteiger charge is -2.11. The molecule has 23 heavy (non-hydrogen) atoms. The molecule has 4 aromatic carbocycles. The number of rotatable bonds is 0. The van der Waals surface area contributed by atoms with Gasteiger partial charge in [0.05, 0.1) is 6.26 Å². The van der Waals surface area contributed by atoms with Crippen LogP contribution < -0.4 is 0 Å². The summed E-state index contributed by atoms with van der Waals surface area (Å²) in [5.41, 5.74) is 3.49. The zero-order chi connectivity index (χ0) is 15.6. The molecule has 110 valence electrons. The fourth-order valence-electron chi connectivity index (χ4n) is 3.79. The van der Waals surface area contributed by atoms with Crippen LogP contribution in [0.1, 0.15) is 11.1 Å². The van der Waals surface area contributed by atoms with Gasteiger partial charge in [-0.1, -0.05) is 48.5 Å². The first-order chi connectivity index (χ1) is 11.3. The topological polar surface area (TPSA) is 13.1 Å². The van der Waals surface area contributed by atoms with E-state index in [4.69, 9.17) is 4.42 Å². The van der Waals surface area contributed by atoms with Crippen molar-refractivity contribution in [3.8, 4) is 0 Å². The molecule has 0 aliphatic carbocycles. The Balaban J connectivity index is 2.25. The average Bonchev–Trinajstić information content (AvgIpc) is 2.97. The molecule has 1 heteroatoms. The zero-order valence-electron chi connectivity index (χ0n) is 13.2. The van der Waals surface area contributed by atoms with Crippen LogP contribution >= 0.6 is 0 Å². The second-order valence-electron chi connectivity index (χ2n) is 6.31. The van der Waals surface area contributed by atoms with Crippen molar-refractivity contribution in [2.24, 2.45) is 0 Å². The molecule has 0 unspecified atom stereocenters. The maximum absolute atomic E-state index is 6.04. The Bertz CT molecular complexity index is 1220. The van der Waals surface area contributed by atoms with E-state index in [2.05, 4.69) is 68.4 Å². The van der Waals surface area contributed by atoms with Gasteiger partial charge in [-0.3, -0.25) is 0 Å². The predicted molar refractivity (Wildman–Crippen MR) is 98.2 cm³/mol. The summed E-state index contributed by atoms with van der Waals surface area (Å²) in [6.45, 7) is 4.31. The Kier molecular flexibility index (Phi) is 2.41. The molecule has 1 aromatic heterocycles. The number of fused-ring (bicyclic) bond motifs is 8. The summed E-state index contributed by atoms with van der Waals surface area (Å²) in [7, 11) is 0. The van der Waals surface area contributed by atoms with Crippen LogP contribution in [0.4, 0.5) is 0 Å². The Morgan fingerprint density at radius 2 is 1.39 bits per heavy atom. The highest BCUT2D eigenvalue weighted by Crippen LogP contribution is 2.42. The van der Waals surface area contributed by atoms with E-state index in [0.717, 1.165) is 5.58 Å². The number of hydrogen-bond donors (Lipinski definition) is 0. The highest BCUT2D eigenvalue weighted by atomic mass is 16.3. The molecule has 0 bridgehead atoms. The Hall–Kier alpha value is -2.80. The van der Waals surface area contributed by atoms with Crippen molar-refractivity contribution in [3.63, 3.8) is 0 Å². The van der Waals surface area contributed by atoms with E-state index in [0.29, 0.717) is 0 Å². The molecule has 0 aliphatic rings. The van der Waals surface area contributed by atoms with E-state index in [1.165, 1.54) is 48.8 Å². The lowest BCUT2D eigenvalue weighted by Crippen LogP contribution is -1.87. The van der Waals surface area contributed by atoms with E-state index in [-0.39, 0.29) is 0 Å². The van der Waals surface area contributed by atoms with Gasteiger partial charge < -0.3 is 4.42 Å². The first-order valence-electron chi connectivity index (χ1n) is 7.96. The number of hydrogen-bond acceptors (Lipinski definition) is 1. The largest absolute Gasteiger partial charge is 0.463 e. The average molecular weight is 296 g/mol. The van der Waals surface area contributed by atoms with Gasteiger partial charge in [0.15, 0.2) is 0 Å². The summed E-state index contributed by atoms with van der Waals surface area (Å²) >= 11 is 0. The molecular formula is C22H16O. The van der Waals surface area contributed by atoms with Crippen LogP contribution in [0.25, 0.3) is 43.3 Å². The van der Waals surface area contributed by atoms with Gasteiger partial charge in [-0.05, 0) is 58.0 Å². The van der Waals surface area contributed by atoms with Crippen LogP contribution in [-0.4, -0.2) is 0 Å². The molecule has 0 N–H and O–H groups in total. The Labute approximate surface area is 134 Å². The molecule has 0 aliphatic heterocycles. The molecule has 0 spiro atoms. The monoisotopic (exact) mass is 296 g/mol. The Morgan fingerprint density at radius 3 is 2.22 bits per heavy atom. The van der Waals surface area contributed by atoms with Gasteiger partial charge in [-0.15, -0.1) is 0 Å². The van der Waals surface area contributed by atoms with Crippen LogP contribution in [0.5, 0.6) is 0 Å². The summed E-state index contributed by atoms with van der Waals surface area (Å²) in [5.74, 6) is 0. The molecular weight excluding hydrogens is 280 g/mol. The molecule has 5 rings (SSSR count). The van der Waals surface area contributed by atoms with Crippen LogP contribution in [0.3, 0.4) is 0 Å². The maximum atomic E-state index is 6.04. The van der Waals surface area contributed by atoms with Crippen molar-refractivity contribution in [2.45, 2.75) is 13.8 Å². The summed E-state index contributed by atoms with van der Waals surface area (Å²) in [4.78, 5) is 0. The molecule has 0 radical (unpaired) electrons. The van der Waals surface area contributed by atoms with Gasteiger partial charge in [0.25, 0.3) is 0 Å². The fraction of sp³-hybridized carbons (Fsp3) is 0.0909. The molecule has 0 atom stereocenters. The SMILES string of the molecule is Cc1coc2c3ccccc3c3c4ccccc4cc3c2c1C. The van der Waals surface area contributed by atoms with Crippen molar-refractivity contribution >= 4 is 43.3 Å². The second-order valence-corrected chi connectivity index (χ2v) is 6.31. The van der Waals surface area contributed by atoms with Crippen molar-refractivity contribution < 1.29 is 4.42 Å². The van der Waals surface area contributed by atoms with Gasteiger partial charge in [0.2, 0.25) is 0 Å². The first-order valence-corrected chi connectivity index (χ1v) is 7.96. The minimum absolute atomic E-state index is 0.992. The molecule has 0 fully saturated rings. The number of aryl methyl sites for hydroxylation is 2. The molecule has 0 saturated heterocycles. The normalized spacial score (nSPS) is 11.9.